The quantitative estimate of drug-likeness (QED) is 0.774. The monoisotopic (exact) mass is 394 g/mol. The second-order valence-electron chi connectivity index (χ2n) is 5.09. The van der Waals surface area contributed by atoms with Crippen molar-refractivity contribution in [3.63, 3.8) is 0 Å². The summed E-state index contributed by atoms with van der Waals surface area (Å²) >= 11 is 2.18. The van der Waals surface area contributed by atoms with Gasteiger partial charge in [0, 0.05) is 15.7 Å². The van der Waals surface area contributed by atoms with Gasteiger partial charge in [-0.3, -0.25) is 4.79 Å². The Hall–Kier alpha value is -0.330. The number of rotatable bonds is 3. The fourth-order valence-electron chi connectivity index (χ4n) is 2.43. The Bertz CT molecular complexity index is 433. The number of nitrogens with two attached hydrogens (primary N) is 1. The SMILES string of the molecule is Cl.NC1(CNC(=O)c2ccccc2I)CCCCC1. The van der Waals surface area contributed by atoms with Crippen LogP contribution in [-0.2, 0) is 0 Å². The van der Waals surface area contributed by atoms with Crippen molar-refractivity contribution in [3.8, 4) is 0 Å². The van der Waals surface area contributed by atoms with Crippen LogP contribution >= 0.6 is 35.0 Å². The molecule has 2 rings (SSSR count). The van der Waals surface area contributed by atoms with E-state index in [4.69, 9.17) is 5.73 Å². The molecular weight excluding hydrogens is 375 g/mol. The first-order valence-corrected chi connectivity index (χ1v) is 7.50. The Morgan fingerprint density at radius 1 is 1.26 bits per heavy atom. The van der Waals surface area contributed by atoms with Gasteiger partial charge in [0.05, 0.1) is 5.56 Å². The Morgan fingerprint density at radius 3 is 2.53 bits per heavy atom. The van der Waals surface area contributed by atoms with Crippen LogP contribution in [0, 0.1) is 3.57 Å². The fourth-order valence-corrected chi connectivity index (χ4v) is 3.06. The molecule has 0 unspecified atom stereocenters. The van der Waals surface area contributed by atoms with Gasteiger partial charge in [0.15, 0.2) is 0 Å². The molecule has 19 heavy (non-hydrogen) atoms. The molecule has 3 nitrogen and oxygen atoms in total. The van der Waals surface area contributed by atoms with Gasteiger partial charge in [-0.15, -0.1) is 12.4 Å². The highest BCUT2D eigenvalue weighted by Crippen LogP contribution is 2.25. The summed E-state index contributed by atoms with van der Waals surface area (Å²) < 4.78 is 0.974. The number of amides is 1. The summed E-state index contributed by atoms with van der Waals surface area (Å²) in [5.74, 6) is -0.0181. The predicted molar refractivity (Wildman–Crippen MR) is 88.7 cm³/mol. The average Bonchev–Trinajstić information content (AvgIpc) is 2.38. The van der Waals surface area contributed by atoms with E-state index in [0.29, 0.717) is 6.54 Å². The maximum atomic E-state index is 12.1. The van der Waals surface area contributed by atoms with Crippen LogP contribution in [0.3, 0.4) is 0 Å². The van der Waals surface area contributed by atoms with Crippen LogP contribution in [0.2, 0.25) is 0 Å². The molecule has 5 heteroatoms. The fraction of sp³-hybridized carbons (Fsp3) is 0.500. The molecule has 1 fully saturated rings. The van der Waals surface area contributed by atoms with Gasteiger partial charge in [-0.05, 0) is 47.6 Å². The molecule has 0 aromatic heterocycles. The molecule has 1 aliphatic carbocycles. The third kappa shape index (κ3) is 4.61. The van der Waals surface area contributed by atoms with Gasteiger partial charge in [-0.25, -0.2) is 0 Å². The highest BCUT2D eigenvalue weighted by molar-refractivity contribution is 14.1. The first-order chi connectivity index (χ1) is 8.61. The van der Waals surface area contributed by atoms with E-state index in [1.165, 1.54) is 19.3 Å². The van der Waals surface area contributed by atoms with E-state index in [1.807, 2.05) is 24.3 Å². The minimum absolute atomic E-state index is 0. The van der Waals surface area contributed by atoms with Crippen LogP contribution in [-0.4, -0.2) is 18.0 Å². The molecule has 3 N–H and O–H groups in total. The van der Waals surface area contributed by atoms with Gasteiger partial charge >= 0.3 is 0 Å². The summed E-state index contributed by atoms with van der Waals surface area (Å²) in [6.45, 7) is 0.580. The van der Waals surface area contributed by atoms with Crippen molar-refractivity contribution >= 4 is 40.9 Å². The van der Waals surface area contributed by atoms with Gasteiger partial charge in [0.25, 0.3) is 5.91 Å². The zero-order chi connectivity index (χ0) is 13.0. The molecule has 1 aliphatic rings. The van der Waals surface area contributed by atoms with Gasteiger partial charge in [-0.2, -0.15) is 0 Å². The van der Waals surface area contributed by atoms with Gasteiger partial charge < -0.3 is 11.1 Å². The van der Waals surface area contributed by atoms with E-state index in [9.17, 15) is 4.79 Å². The second kappa shape index (κ2) is 7.45. The number of halogens is 2. The topological polar surface area (TPSA) is 55.1 Å². The first-order valence-electron chi connectivity index (χ1n) is 6.42. The normalized spacial score (nSPS) is 17.4. The smallest absolute Gasteiger partial charge is 0.252 e. The summed E-state index contributed by atoms with van der Waals surface area (Å²) in [6.07, 6.45) is 5.65. The van der Waals surface area contributed by atoms with Crippen molar-refractivity contribution in [2.75, 3.05) is 6.54 Å². The lowest BCUT2D eigenvalue weighted by atomic mass is 9.82. The van der Waals surface area contributed by atoms with Crippen LogP contribution in [0.5, 0.6) is 0 Å². The second-order valence-corrected chi connectivity index (χ2v) is 6.25. The first kappa shape index (κ1) is 16.7. The van der Waals surface area contributed by atoms with Gasteiger partial charge in [-0.1, -0.05) is 31.4 Å². The third-order valence-electron chi connectivity index (χ3n) is 3.57. The summed E-state index contributed by atoms with van der Waals surface area (Å²) in [5, 5.41) is 2.98. The van der Waals surface area contributed by atoms with Gasteiger partial charge in [0.1, 0.15) is 0 Å². The van der Waals surface area contributed by atoms with Crippen LogP contribution in [0.4, 0.5) is 0 Å². The standard InChI is InChI=1S/C14H19IN2O.ClH/c15-12-7-3-2-6-11(12)13(18)17-10-14(16)8-4-1-5-9-14;/h2-3,6-7H,1,4-5,8-10,16H2,(H,17,18);1H. The molecule has 1 aromatic carbocycles. The van der Waals surface area contributed by atoms with Gasteiger partial charge in [0.2, 0.25) is 0 Å². The van der Waals surface area contributed by atoms with Crippen LogP contribution in [0.1, 0.15) is 42.5 Å². The molecule has 106 valence electrons. The van der Waals surface area contributed by atoms with Crippen molar-refractivity contribution in [1.82, 2.24) is 5.32 Å². The van der Waals surface area contributed by atoms with Crippen molar-refractivity contribution < 1.29 is 4.79 Å². The molecule has 0 atom stereocenters. The van der Waals surface area contributed by atoms with E-state index in [0.717, 1.165) is 22.0 Å². The lowest BCUT2D eigenvalue weighted by Crippen LogP contribution is -2.51. The minimum atomic E-state index is -0.200. The molecule has 1 aromatic rings. The molecule has 0 aliphatic heterocycles. The Balaban J connectivity index is 0.00000180. The summed E-state index contributed by atoms with van der Waals surface area (Å²) in [5.41, 5.74) is 6.84. The maximum absolute atomic E-state index is 12.1. The number of carbonyl (C=O) groups excluding carboxylic acids is 1. The number of hydrogen-bond donors (Lipinski definition) is 2. The zero-order valence-electron chi connectivity index (χ0n) is 10.8. The third-order valence-corrected chi connectivity index (χ3v) is 4.51. The van der Waals surface area contributed by atoms with Crippen LogP contribution in [0.15, 0.2) is 24.3 Å². The lowest BCUT2D eigenvalue weighted by molar-refractivity contribution is 0.0937. The highest BCUT2D eigenvalue weighted by atomic mass is 127. The molecular formula is C14H20ClIN2O. The molecule has 0 saturated heterocycles. The Kier molecular flexibility index (Phi) is 6.56. The number of nitrogens with one attached hydrogen (secondary N) is 1. The summed E-state index contributed by atoms with van der Waals surface area (Å²) in [7, 11) is 0. The summed E-state index contributed by atoms with van der Waals surface area (Å²) in [6, 6.07) is 7.61. The maximum Gasteiger partial charge on any atom is 0.252 e. The zero-order valence-corrected chi connectivity index (χ0v) is 13.8. The van der Waals surface area contributed by atoms with E-state index < -0.39 is 0 Å². The number of benzene rings is 1. The van der Waals surface area contributed by atoms with E-state index >= 15 is 0 Å². The van der Waals surface area contributed by atoms with Crippen LogP contribution < -0.4 is 11.1 Å². The molecule has 1 amide bonds. The van der Waals surface area contributed by atoms with Crippen molar-refractivity contribution in [2.24, 2.45) is 5.73 Å². The van der Waals surface area contributed by atoms with E-state index in [-0.39, 0.29) is 23.9 Å². The molecule has 0 radical (unpaired) electrons. The molecule has 0 spiro atoms. The lowest BCUT2D eigenvalue weighted by Gasteiger charge is -2.33. The van der Waals surface area contributed by atoms with Crippen molar-refractivity contribution in [1.29, 1.82) is 0 Å². The van der Waals surface area contributed by atoms with Crippen molar-refractivity contribution in [3.05, 3.63) is 33.4 Å². The Labute approximate surface area is 134 Å². The molecule has 0 bridgehead atoms. The highest BCUT2D eigenvalue weighted by Gasteiger charge is 2.27. The number of hydrogen-bond acceptors (Lipinski definition) is 2. The largest absolute Gasteiger partial charge is 0.350 e. The van der Waals surface area contributed by atoms with E-state index in [2.05, 4.69) is 27.9 Å². The summed E-state index contributed by atoms with van der Waals surface area (Å²) in [4.78, 5) is 12.1. The minimum Gasteiger partial charge on any atom is -0.350 e. The van der Waals surface area contributed by atoms with Crippen molar-refractivity contribution in [2.45, 2.75) is 37.6 Å². The van der Waals surface area contributed by atoms with Crippen LogP contribution in [0.25, 0.3) is 0 Å². The predicted octanol–water partition coefficient (Wildman–Crippen LogP) is 3.10. The van der Waals surface area contributed by atoms with E-state index in [1.54, 1.807) is 0 Å². The number of carbonyl (C=O) groups is 1. The molecule has 0 heterocycles. The molecule has 1 saturated carbocycles. The average molecular weight is 395 g/mol. The Morgan fingerprint density at radius 2 is 1.89 bits per heavy atom.